The first-order valence-corrected chi connectivity index (χ1v) is 12.2. The molecule has 2 rings (SSSR count). The van der Waals surface area contributed by atoms with E-state index in [1.54, 1.807) is 0 Å². The van der Waals surface area contributed by atoms with Crippen LogP contribution >= 0.6 is 11.6 Å². The van der Waals surface area contributed by atoms with E-state index in [1.165, 1.54) is 0 Å². The minimum Gasteiger partial charge on any atom is -0.543 e. The standard InChI is InChI=1S/C19H32BClO3Si/c1-13-15(22-25(9,10)17(2,3)4)12-11-14(21)16(13)20-23-18(5,6)19(7,8)24-20/h11-12H,1-10H3. The lowest BCUT2D eigenvalue weighted by Gasteiger charge is -2.37. The fraction of sp³-hybridized carbons (Fsp3) is 0.684. The Balaban J connectivity index is 2.43. The molecule has 0 radical (unpaired) electrons. The van der Waals surface area contributed by atoms with Gasteiger partial charge in [0, 0.05) is 10.5 Å². The topological polar surface area (TPSA) is 27.7 Å². The van der Waals surface area contributed by atoms with Crippen LogP contribution in [0.15, 0.2) is 12.1 Å². The molecule has 0 bridgehead atoms. The summed E-state index contributed by atoms with van der Waals surface area (Å²) >= 11 is 6.52. The highest BCUT2D eigenvalue weighted by molar-refractivity contribution is 6.74. The fourth-order valence-corrected chi connectivity index (χ4v) is 3.84. The summed E-state index contributed by atoms with van der Waals surface area (Å²) in [7, 11) is -2.42. The Hall–Kier alpha value is -0.488. The Morgan fingerprint density at radius 2 is 1.52 bits per heavy atom. The fourth-order valence-electron chi connectivity index (χ4n) is 2.46. The molecule has 6 heteroatoms. The summed E-state index contributed by atoms with van der Waals surface area (Å²) in [4.78, 5) is 0. The lowest BCUT2D eigenvalue weighted by molar-refractivity contribution is 0.00578. The highest BCUT2D eigenvalue weighted by Gasteiger charge is 2.53. The molecule has 0 N–H and O–H groups in total. The minimum atomic E-state index is -1.94. The third-order valence-electron chi connectivity index (χ3n) is 6.07. The predicted octanol–water partition coefficient (Wildman–Crippen LogP) is 5.33. The average Bonchev–Trinajstić information content (AvgIpc) is 2.60. The van der Waals surface area contributed by atoms with Gasteiger partial charge in [-0.25, -0.2) is 0 Å². The van der Waals surface area contributed by atoms with E-state index in [4.69, 9.17) is 25.3 Å². The van der Waals surface area contributed by atoms with E-state index in [0.29, 0.717) is 5.02 Å². The second-order valence-corrected chi connectivity index (χ2v) is 14.7. The van der Waals surface area contributed by atoms with Gasteiger partial charge in [0.05, 0.1) is 11.2 Å². The van der Waals surface area contributed by atoms with Crippen LogP contribution in [0.3, 0.4) is 0 Å². The molecule has 0 aromatic heterocycles. The van der Waals surface area contributed by atoms with Gasteiger partial charge in [0.2, 0.25) is 8.32 Å². The second kappa shape index (κ2) is 6.29. The van der Waals surface area contributed by atoms with Crippen molar-refractivity contribution in [2.24, 2.45) is 0 Å². The lowest BCUT2D eigenvalue weighted by atomic mass is 9.76. The summed E-state index contributed by atoms with van der Waals surface area (Å²) in [6.45, 7) is 21.4. The lowest BCUT2D eigenvalue weighted by Crippen LogP contribution is -2.45. The van der Waals surface area contributed by atoms with E-state index in [2.05, 4.69) is 33.9 Å². The molecule has 1 aromatic carbocycles. The van der Waals surface area contributed by atoms with Crippen molar-refractivity contribution in [2.45, 2.75) is 84.7 Å². The Kier molecular flexibility index (Phi) is 5.24. The molecule has 1 saturated heterocycles. The molecule has 0 atom stereocenters. The normalized spacial score (nSPS) is 20.0. The van der Waals surface area contributed by atoms with Gasteiger partial charge in [-0.05, 0) is 70.4 Å². The van der Waals surface area contributed by atoms with Gasteiger partial charge >= 0.3 is 7.12 Å². The molecule has 0 unspecified atom stereocenters. The van der Waals surface area contributed by atoms with Crippen molar-refractivity contribution >= 4 is 32.5 Å². The summed E-state index contributed by atoms with van der Waals surface area (Å²) in [5.41, 5.74) is 1.07. The van der Waals surface area contributed by atoms with E-state index in [-0.39, 0.29) is 5.04 Å². The Morgan fingerprint density at radius 1 is 1.04 bits per heavy atom. The van der Waals surface area contributed by atoms with Gasteiger partial charge in [-0.15, -0.1) is 0 Å². The maximum absolute atomic E-state index is 6.53. The molecule has 1 aromatic rings. The molecule has 1 aliphatic rings. The monoisotopic (exact) mass is 382 g/mol. The van der Waals surface area contributed by atoms with Crippen LogP contribution < -0.4 is 9.89 Å². The van der Waals surface area contributed by atoms with Crippen LogP contribution in [0.4, 0.5) is 0 Å². The van der Waals surface area contributed by atoms with E-state index in [9.17, 15) is 0 Å². The van der Waals surface area contributed by atoms with E-state index < -0.39 is 26.6 Å². The number of benzene rings is 1. The maximum atomic E-state index is 6.53. The molecule has 0 aliphatic carbocycles. The molecule has 0 spiro atoms. The molecule has 3 nitrogen and oxygen atoms in total. The van der Waals surface area contributed by atoms with E-state index in [1.807, 2.05) is 46.8 Å². The predicted molar refractivity (Wildman–Crippen MR) is 110 cm³/mol. The number of halogens is 1. The zero-order valence-electron chi connectivity index (χ0n) is 17.3. The highest BCUT2D eigenvalue weighted by atomic mass is 35.5. The van der Waals surface area contributed by atoms with Crippen molar-refractivity contribution in [1.82, 2.24) is 0 Å². The van der Waals surface area contributed by atoms with Crippen LogP contribution in [0, 0.1) is 6.92 Å². The zero-order valence-corrected chi connectivity index (χ0v) is 19.1. The van der Waals surface area contributed by atoms with Crippen LogP contribution in [0.2, 0.25) is 23.2 Å². The SMILES string of the molecule is Cc1c(O[Si](C)(C)C(C)(C)C)ccc(Cl)c1B1OC(C)(C)C(C)(C)O1. The van der Waals surface area contributed by atoms with Gasteiger partial charge < -0.3 is 13.7 Å². The smallest absolute Gasteiger partial charge is 0.496 e. The van der Waals surface area contributed by atoms with E-state index in [0.717, 1.165) is 16.8 Å². The molecule has 0 amide bonds. The van der Waals surface area contributed by atoms with Gasteiger partial charge in [-0.2, -0.15) is 0 Å². The third-order valence-corrected chi connectivity index (χ3v) is 10.7. The van der Waals surface area contributed by atoms with Crippen molar-refractivity contribution in [3.05, 3.63) is 22.7 Å². The molecule has 25 heavy (non-hydrogen) atoms. The van der Waals surface area contributed by atoms with Crippen LogP contribution in [-0.4, -0.2) is 26.6 Å². The summed E-state index contributed by atoms with van der Waals surface area (Å²) < 4.78 is 19.0. The molecular weight excluding hydrogens is 351 g/mol. The zero-order chi connectivity index (χ0) is 19.4. The van der Waals surface area contributed by atoms with Crippen molar-refractivity contribution in [3.8, 4) is 5.75 Å². The van der Waals surface area contributed by atoms with Crippen LogP contribution in [0.25, 0.3) is 0 Å². The molecule has 1 heterocycles. The van der Waals surface area contributed by atoms with Crippen molar-refractivity contribution in [1.29, 1.82) is 0 Å². The molecule has 140 valence electrons. The molecule has 1 aliphatic heterocycles. The van der Waals surface area contributed by atoms with Crippen LogP contribution in [0.1, 0.15) is 54.0 Å². The maximum Gasteiger partial charge on any atom is 0.496 e. The molecular formula is C19H32BClO3Si. The number of rotatable bonds is 3. The van der Waals surface area contributed by atoms with Crippen molar-refractivity contribution < 1.29 is 13.7 Å². The van der Waals surface area contributed by atoms with Gasteiger partial charge in [-0.1, -0.05) is 32.4 Å². The van der Waals surface area contributed by atoms with E-state index >= 15 is 0 Å². The molecule has 1 fully saturated rings. The average molecular weight is 383 g/mol. The van der Waals surface area contributed by atoms with Crippen LogP contribution in [0.5, 0.6) is 5.75 Å². The first-order chi connectivity index (χ1) is 11.1. The Morgan fingerprint density at radius 3 is 1.96 bits per heavy atom. The minimum absolute atomic E-state index is 0.129. The quantitative estimate of drug-likeness (QED) is 0.661. The van der Waals surface area contributed by atoms with Gasteiger partial charge in [0.25, 0.3) is 0 Å². The first kappa shape index (κ1) is 20.8. The largest absolute Gasteiger partial charge is 0.543 e. The first-order valence-electron chi connectivity index (χ1n) is 8.93. The summed E-state index contributed by atoms with van der Waals surface area (Å²) in [5, 5.41) is 0.780. The van der Waals surface area contributed by atoms with Crippen molar-refractivity contribution in [3.63, 3.8) is 0 Å². The Labute approximate surface area is 159 Å². The van der Waals surface area contributed by atoms with Gasteiger partial charge in [-0.3, -0.25) is 0 Å². The summed E-state index contributed by atoms with van der Waals surface area (Å²) in [5.74, 6) is 0.876. The Bertz CT molecular complexity index is 649. The second-order valence-electron chi connectivity index (χ2n) is 9.53. The number of hydrogen-bond acceptors (Lipinski definition) is 3. The third kappa shape index (κ3) is 3.80. The summed E-state index contributed by atoms with van der Waals surface area (Å²) in [6, 6.07) is 3.85. The van der Waals surface area contributed by atoms with Crippen LogP contribution in [-0.2, 0) is 9.31 Å². The molecule has 0 saturated carbocycles. The summed E-state index contributed by atoms with van der Waals surface area (Å²) in [6.07, 6.45) is 0. The van der Waals surface area contributed by atoms with Crippen molar-refractivity contribution in [2.75, 3.05) is 0 Å². The highest BCUT2D eigenvalue weighted by Crippen LogP contribution is 2.40. The number of hydrogen-bond donors (Lipinski definition) is 0. The van der Waals surface area contributed by atoms with Gasteiger partial charge in [0.1, 0.15) is 5.75 Å². The van der Waals surface area contributed by atoms with Gasteiger partial charge in [0.15, 0.2) is 0 Å².